The van der Waals surface area contributed by atoms with E-state index in [2.05, 4.69) is 192 Å². The molecule has 53 heavy (non-hydrogen) atoms. The van der Waals surface area contributed by atoms with Crippen LogP contribution in [0.2, 0.25) is 13.1 Å². The first-order valence-corrected chi connectivity index (χ1v) is 21.3. The zero-order valence-electron chi connectivity index (χ0n) is 29.5. The van der Waals surface area contributed by atoms with Gasteiger partial charge < -0.3 is 9.13 Å². The summed E-state index contributed by atoms with van der Waals surface area (Å²) in [5.41, 5.74) is 12.6. The van der Waals surface area contributed by atoms with E-state index in [4.69, 9.17) is 9.97 Å². The van der Waals surface area contributed by atoms with E-state index in [-0.39, 0.29) is 0 Å². The molecule has 0 fully saturated rings. The number of hydrogen-bond acceptors (Lipinski definition) is 2. The van der Waals surface area contributed by atoms with Gasteiger partial charge in [-0.25, -0.2) is 9.97 Å². The fraction of sp³-hybridized carbons (Fsp3) is 0.0417. The van der Waals surface area contributed by atoms with Gasteiger partial charge in [0.2, 0.25) is 0 Å². The monoisotopic (exact) mass is 694 g/mol. The van der Waals surface area contributed by atoms with E-state index >= 15 is 0 Å². The van der Waals surface area contributed by atoms with Crippen molar-refractivity contribution in [2.45, 2.75) is 13.1 Å². The molecule has 0 spiro atoms. The number of fused-ring (bicyclic) bond motifs is 9. The van der Waals surface area contributed by atoms with Gasteiger partial charge in [0.05, 0.1) is 27.8 Å². The number of aromatic nitrogens is 4. The van der Waals surface area contributed by atoms with Crippen LogP contribution < -0.4 is 10.5 Å². The molecule has 0 saturated carbocycles. The Morgan fingerprint density at radius 3 is 1.72 bits per heavy atom. The topological polar surface area (TPSA) is 35.6 Å². The number of para-hydroxylation sites is 4. The molecule has 0 saturated heterocycles. The Bertz CT molecular complexity index is 3040. The molecule has 3 aromatic heterocycles. The Balaban J connectivity index is 1.16. The third-order valence-electron chi connectivity index (χ3n) is 11.3. The zero-order chi connectivity index (χ0) is 35.3. The fourth-order valence-corrected chi connectivity index (χ4v) is 11.8. The Hall–Kier alpha value is -6.56. The highest BCUT2D eigenvalue weighted by Gasteiger charge is 2.41. The first kappa shape index (κ1) is 30.1. The molecule has 0 bridgehead atoms. The minimum absolute atomic E-state index is 0.771. The Morgan fingerprint density at radius 2 is 1.00 bits per heavy atom. The number of benzene rings is 7. The van der Waals surface area contributed by atoms with E-state index in [1.165, 1.54) is 65.2 Å². The molecule has 4 nitrogen and oxygen atoms in total. The van der Waals surface area contributed by atoms with Gasteiger partial charge in [0, 0.05) is 54.9 Å². The standard InChI is InChI=1S/C48H34N4Si/c1-53(2)44-26-13-9-22-38(44)45-46(31-15-14-18-34(29-31)52-40-23-10-6-19-35(40)36-20-7-11-24-41(36)52)49-47(50-48(45)53)32-27-28-43-39(30-32)37-21-8-12-25-42(37)51(43)33-16-4-3-5-17-33/h3-30H,1-2H3. The van der Waals surface area contributed by atoms with Crippen molar-refractivity contribution in [2.24, 2.45) is 0 Å². The second kappa shape index (κ2) is 11.2. The van der Waals surface area contributed by atoms with Gasteiger partial charge in [-0.05, 0) is 71.4 Å². The van der Waals surface area contributed by atoms with Crippen LogP contribution in [0.4, 0.5) is 0 Å². The summed E-state index contributed by atoms with van der Waals surface area (Å²) >= 11 is 0. The molecule has 0 unspecified atom stereocenters. The summed E-state index contributed by atoms with van der Waals surface area (Å²) in [5, 5.41) is 7.54. The number of hydrogen-bond donors (Lipinski definition) is 0. The highest BCUT2D eigenvalue weighted by Crippen LogP contribution is 2.40. The van der Waals surface area contributed by atoms with Crippen molar-refractivity contribution in [1.29, 1.82) is 0 Å². The van der Waals surface area contributed by atoms with Crippen molar-refractivity contribution >= 4 is 62.2 Å². The smallest absolute Gasteiger partial charge is 0.159 e. The molecule has 1 aliphatic heterocycles. The summed E-state index contributed by atoms with van der Waals surface area (Å²) in [4.78, 5) is 11.1. The zero-order valence-corrected chi connectivity index (χ0v) is 30.5. The van der Waals surface area contributed by atoms with Crippen LogP contribution in [0.15, 0.2) is 170 Å². The van der Waals surface area contributed by atoms with Gasteiger partial charge in [0.15, 0.2) is 5.82 Å². The van der Waals surface area contributed by atoms with E-state index < -0.39 is 8.07 Å². The van der Waals surface area contributed by atoms with Crippen LogP contribution in [0.3, 0.4) is 0 Å². The predicted molar refractivity (Wildman–Crippen MR) is 224 cm³/mol. The summed E-state index contributed by atoms with van der Waals surface area (Å²) in [6.45, 7) is 4.87. The van der Waals surface area contributed by atoms with Crippen LogP contribution in [0.25, 0.3) is 88.8 Å². The van der Waals surface area contributed by atoms with Crippen molar-refractivity contribution in [3.05, 3.63) is 170 Å². The lowest BCUT2D eigenvalue weighted by Crippen LogP contribution is -2.50. The highest BCUT2D eigenvalue weighted by molar-refractivity contribution is 7.03. The van der Waals surface area contributed by atoms with Gasteiger partial charge in [-0.15, -0.1) is 0 Å². The van der Waals surface area contributed by atoms with Gasteiger partial charge in [-0.3, -0.25) is 0 Å². The largest absolute Gasteiger partial charge is 0.309 e. The molecule has 10 aromatic rings. The lowest BCUT2D eigenvalue weighted by molar-refractivity contribution is 1.17. The second-order valence-corrected chi connectivity index (χ2v) is 18.9. The summed E-state index contributed by atoms with van der Waals surface area (Å²) in [7, 11) is -2.15. The predicted octanol–water partition coefficient (Wildman–Crippen LogP) is 10.8. The summed E-state index contributed by atoms with van der Waals surface area (Å²) < 4.78 is 4.75. The first-order chi connectivity index (χ1) is 26.1. The molecule has 4 heterocycles. The first-order valence-electron chi connectivity index (χ1n) is 18.3. The van der Waals surface area contributed by atoms with Crippen LogP contribution in [0.1, 0.15) is 0 Å². The third kappa shape index (κ3) is 4.35. The molecule has 0 atom stereocenters. The van der Waals surface area contributed by atoms with Crippen molar-refractivity contribution in [3.63, 3.8) is 0 Å². The van der Waals surface area contributed by atoms with Crippen molar-refractivity contribution in [2.75, 3.05) is 0 Å². The minimum atomic E-state index is -2.15. The Kier molecular flexibility index (Phi) is 6.37. The van der Waals surface area contributed by atoms with E-state index in [0.717, 1.165) is 34.0 Å². The average Bonchev–Trinajstić information content (AvgIpc) is 3.81. The van der Waals surface area contributed by atoms with Crippen molar-refractivity contribution in [1.82, 2.24) is 19.1 Å². The molecular weight excluding hydrogens is 661 g/mol. The second-order valence-electron chi connectivity index (χ2n) is 14.6. The molecule has 1 aliphatic rings. The summed E-state index contributed by atoms with van der Waals surface area (Å²) in [5.74, 6) is 0.771. The van der Waals surface area contributed by atoms with Gasteiger partial charge >= 0.3 is 0 Å². The van der Waals surface area contributed by atoms with Crippen LogP contribution in [0, 0.1) is 0 Å². The molecule has 11 rings (SSSR count). The third-order valence-corrected chi connectivity index (χ3v) is 14.6. The van der Waals surface area contributed by atoms with E-state index in [1.807, 2.05) is 0 Å². The molecule has 250 valence electrons. The molecule has 5 heteroatoms. The average molecular weight is 695 g/mol. The minimum Gasteiger partial charge on any atom is -0.309 e. The Labute approximate surface area is 308 Å². The van der Waals surface area contributed by atoms with Crippen molar-refractivity contribution in [3.8, 4) is 45.1 Å². The maximum Gasteiger partial charge on any atom is 0.159 e. The maximum atomic E-state index is 5.54. The van der Waals surface area contributed by atoms with Gasteiger partial charge in [-0.2, -0.15) is 0 Å². The van der Waals surface area contributed by atoms with Crippen LogP contribution in [-0.4, -0.2) is 27.2 Å². The molecule has 0 aliphatic carbocycles. The lowest BCUT2D eigenvalue weighted by Gasteiger charge is -2.19. The van der Waals surface area contributed by atoms with E-state index in [0.29, 0.717) is 0 Å². The molecule has 7 aromatic carbocycles. The lowest BCUT2D eigenvalue weighted by atomic mass is 10.00. The van der Waals surface area contributed by atoms with Crippen LogP contribution >= 0.6 is 0 Å². The number of rotatable bonds is 4. The van der Waals surface area contributed by atoms with Gasteiger partial charge in [0.25, 0.3) is 0 Å². The normalized spacial score (nSPS) is 13.2. The molecule has 0 radical (unpaired) electrons. The fourth-order valence-electron chi connectivity index (χ4n) is 8.84. The van der Waals surface area contributed by atoms with Crippen LogP contribution in [-0.2, 0) is 0 Å². The number of nitrogens with zero attached hydrogens (tertiary/aromatic N) is 4. The molecule has 0 N–H and O–H groups in total. The Morgan fingerprint density at radius 1 is 0.434 bits per heavy atom. The molecular formula is C48H34N4Si. The van der Waals surface area contributed by atoms with E-state index in [1.54, 1.807) is 0 Å². The SMILES string of the molecule is C[Si]1(C)c2ccccc2-c2c(-c3cccc(-n4c5ccccc5c5ccccc54)c3)nc(-c3ccc4c(c3)c3ccccc3n4-c3ccccc3)nc21. The van der Waals surface area contributed by atoms with Gasteiger partial charge in [-0.1, -0.05) is 122 Å². The quantitative estimate of drug-likeness (QED) is 0.172. The summed E-state index contributed by atoms with van der Waals surface area (Å²) in [6, 6.07) is 61.3. The van der Waals surface area contributed by atoms with Crippen LogP contribution in [0.5, 0.6) is 0 Å². The van der Waals surface area contributed by atoms with Gasteiger partial charge in [0.1, 0.15) is 8.07 Å². The highest BCUT2D eigenvalue weighted by atomic mass is 28.3. The maximum absolute atomic E-state index is 5.54. The summed E-state index contributed by atoms with van der Waals surface area (Å²) in [6.07, 6.45) is 0. The molecule has 0 amide bonds. The van der Waals surface area contributed by atoms with Crippen molar-refractivity contribution < 1.29 is 0 Å². The van der Waals surface area contributed by atoms with E-state index in [9.17, 15) is 0 Å².